The van der Waals surface area contributed by atoms with E-state index >= 15 is 0 Å². The fourth-order valence-electron chi connectivity index (χ4n) is 4.37. The molecule has 1 aliphatic heterocycles. The number of anilines is 1. The van der Waals surface area contributed by atoms with Gasteiger partial charge in [-0.05, 0) is 42.9 Å². The van der Waals surface area contributed by atoms with Gasteiger partial charge in [-0.2, -0.15) is 0 Å². The first-order chi connectivity index (χ1) is 10.0. The zero-order valence-electron chi connectivity index (χ0n) is 11.5. The molecule has 5 heteroatoms. The Kier molecular flexibility index (Phi) is 3.09. The quantitative estimate of drug-likeness (QED) is 0.524. The molecule has 3 nitrogen and oxygen atoms in total. The fraction of sp³-hybridized carbons (Fsp3) is 0.500. The van der Waals surface area contributed by atoms with Gasteiger partial charge in [0.05, 0.1) is 17.5 Å². The van der Waals surface area contributed by atoms with Gasteiger partial charge in [0, 0.05) is 9.65 Å². The predicted molar refractivity (Wildman–Crippen MR) is 87.7 cm³/mol. The minimum atomic E-state index is -0.138. The summed E-state index contributed by atoms with van der Waals surface area (Å²) in [4.78, 5) is 27.6. The summed E-state index contributed by atoms with van der Waals surface area (Å²) in [6.45, 7) is 1.97. The smallest absolute Gasteiger partial charge is 0.238 e. The molecule has 2 aliphatic carbocycles. The van der Waals surface area contributed by atoms with Gasteiger partial charge in [-0.25, -0.2) is 0 Å². The molecule has 0 spiro atoms. The SMILES string of the molecule is Cc1cccc(N2C(=O)[C@H]3[C@@H]4C[C@H]([C@@H](Br)[C@H]4Br)[C@@H]3C2=O)c1. The molecule has 1 saturated heterocycles. The van der Waals surface area contributed by atoms with Crippen LogP contribution in [0.15, 0.2) is 24.3 Å². The Bertz CT molecular complexity index is 615. The number of benzene rings is 1. The molecular formula is C16H15Br2NO2. The Morgan fingerprint density at radius 3 is 2.14 bits per heavy atom. The summed E-state index contributed by atoms with van der Waals surface area (Å²) in [5.41, 5.74) is 1.78. The molecule has 110 valence electrons. The normalized spacial score (nSPS) is 41.0. The summed E-state index contributed by atoms with van der Waals surface area (Å²) < 4.78 is 0. The van der Waals surface area contributed by atoms with Crippen molar-refractivity contribution in [3.63, 3.8) is 0 Å². The van der Waals surface area contributed by atoms with E-state index in [0.717, 1.165) is 17.7 Å². The van der Waals surface area contributed by atoms with Crippen molar-refractivity contribution < 1.29 is 9.59 Å². The van der Waals surface area contributed by atoms with Gasteiger partial charge >= 0.3 is 0 Å². The lowest BCUT2D eigenvalue weighted by Crippen LogP contribution is -2.37. The molecule has 2 bridgehead atoms. The molecule has 2 saturated carbocycles. The van der Waals surface area contributed by atoms with Crippen LogP contribution in [0.4, 0.5) is 5.69 Å². The van der Waals surface area contributed by atoms with E-state index < -0.39 is 0 Å². The highest BCUT2D eigenvalue weighted by molar-refractivity contribution is 9.12. The van der Waals surface area contributed by atoms with Gasteiger partial charge in [0.1, 0.15) is 0 Å². The van der Waals surface area contributed by atoms with Crippen LogP contribution in [0.25, 0.3) is 0 Å². The largest absolute Gasteiger partial charge is 0.274 e. The second-order valence-electron chi connectivity index (χ2n) is 6.35. The van der Waals surface area contributed by atoms with Gasteiger partial charge in [0.15, 0.2) is 0 Å². The maximum absolute atomic E-state index is 12.8. The molecule has 2 amide bonds. The number of hydrogen-bond donors (Lipinski definition) is 0. The number of imide groups is 1. The summed E-state index contributed by atoms with van der Waals surface area (Å²) in [6, 6.07) is 7.63. The molecule has 21 heavy (non-hydrogen) atoms. The summed E-state index contributed by atoms with van der Waals surface area (Å²) >= 11 is 7.41. The van der Waals surface area contributed by atoms with Crippen LogP contribution in [0, 0.1) is 30.6 Å². The van der Waals surface area contributed by atoms with Crippen molar-refractivity contribution in [2.24, 2.45) is 23.7 Å². The van der Waals surface area contributed by atoms with Crippen LogP contribution in [0.5, 0.6) is 0 Å². The molecule has 0 unspecified atom stereocenters. The third kappa shape index (κ3) is 1.76. The van der Waals surface area contributed by atoms with E-state index in [1.54, 1.807) is 0 Å². The Labute approximate surface area is 140 Å². The van der Waals surface area contributed by atoms with Gasteiger partial charge in [-0.15, -0.1) is 0 Å². The van der Waals surface area contributed by atoms with Crippen LogP contribution in [-0.4, -0.2) is 21.5 Å². The molecule has 3 fully saturated rings. The number of rotatable bonds is 1. The van der Waals surface area contributed by atoms with Gasteiger partial charge in [0.25, 0.3) is 0 Å². The van der Waals surface area contributed by atoms with Crippen molar-refractivity contribution in [1.82, 2.24) is 0 Å². The summed E-state index contributed by atoms with van der Waals surface area (Å²) in [5, 5.41) is 0. The molecule has 0 N–H and O–H groups in total. The molecule has 6 atom stereocenters. The number of halogens is 2. The van der Waals surface area contributed by atoms with Crippen LogP contribution >= 0.6 is 31.9 Å². The highest BCUT2D eigenvalue weighted by atomic mass is 79.9. The van der Waals surface area contributed by atoms with Crippen LogP contribution < -0.4 is 4.90 Å². The maximum Gasteiger partial charge on any atom is 0.238 e. The van der Waals surface area contributed by atoms with E-state index in [1.807, 2.05) is 31.2 Å². The van der Waals surface area contributed by atoms with E-state index in [4.69, 9.17) is 0 Å². The van der Waals surface area contributed by atoms with E-state index in [9.17, 15) is 9.59 Å². The first kappa shape index (κ1) is 13.9. The second-order valence-corrected chi connectivity index (χ2v) is 8.47. The van der Waals surface area contributed by atoms with E-state index in [0.29, 0.717) is 0 Å². The van der Waals surface area contributed by atoms with Gasteiger partial charge < -0.3 is 0 Å². The lowest BCUT2D eigenvalue weighted by atomic mass is 9.81. The molecule has 0 aromatic heterocycles. The first-order valence-electron chi connectivity index (χ1n) is 7.23. The Balaban J connectivity index is 1.75. The fourth-order valence-corrected chi connectivity index (χ4v) is 6.24. The highest BCUT2D eigenvalue weighted by Gasteiger charge is 2.66. The average molecular weight is 413 g/mol. The number of hydrogen-bond acceptors (Lipinski definition) is 2. The number of carbonyl (C=O) groups is 2. The number of alkyl halides is 2. The third-order valence-electron chi connectivity index (χ3n) is 5.25. The molecule has 1 aromatic carbocycles. The van der Waals surface area contributed by atoms with E-state index in [1.165, 1.54) is 4.90 Å². The van der Waals surface area contributed by atoms with Crippen molar-refractivity contribution in [2.75, 3.05) is 4.90 Å². The van der Waals surface area contributed by atoms with Crippen LogP contribution in [0.1, 0.15) is 12.0 Å². The molecule has 1 heterocycles. The first-order valence-corrected chi connectivity index (χ1v) is 9.06. The molecule has 1 aromatic rings. The zero-order chi connectivity index (χ0) is 14.9. The number of nitrogens with zero attached hydrogens (tertiary/aromatic N) is 1. The van der Waals surface area contributed by atoms with Gasteiger partial charge in [-0.3, -0.25) is 14.5 Å². The third-order valence-corrected chi connectivity index (χ3v) is 8.45. The molecular weight excluding hydrogens is 398 g/mol. The summed E-state index contributed by atoms with van der Waals surface area (Å²) in [5.74, 6) is 0.257. The number of aryl methyl sites for hydroxylation is 1. The predicted octanol–water partition coefficient (Wildman–Crippen LogP) is 3.28. The van der Waals surface area contributed by atoms with Crippen LogP contribution in [0.3, 0.4) is 0 Å². The standard InChI is InChI=1S/C16H15Br2NO2/c1-7-3-2-4-8(5-7)19-15(20)11-9-6-10(12(11)16(19)21)14(18)13(9)17/h2-5,9-14H,6H2,1H3/t9-,10-,11-,12-,13-,14+/m0/s1. The minimum Gasteiger partial charge on any atom is -0.274 e. The van der Waals surface area contributed by atoms with Crippen molar-refractivity contribution in [2.45, 2.75) is 23.0 Å². The topological polar surface area (TPSA) is 37.4 Å². The van der Waals surface area contributed by atoms with Crippen molar-refractivity contribution >= 4 is 49.4 Å². The van der Waals surface area contributed by atoms with Crippen molar-refractivity contribution in [3.8, 4) is 0 Å². The van der Waals surface area contributed by atoms with Crippen molar-refractivity contribution in [3.05, 3.63) is 29.8 Å². The highest BCUT2D eigenvalue weighted by Crippen LogP contribution is 2.60. The molecule has 3 aliphatic rings. The summed E-state index contributed by atoms with van der Waals surface area (Å²) in [7, 11) is 0. The molecule has 4 rings (SSSR count). The Morgan fingerprint density at radius 1 is 1.05 bits per heavy atom. The van der Waals surface area contributed by atoms with Gasteiger partial charge in [-0.1, -0.05) is 44.0 Å². The Hall–Kier alpha value is -0.680. The van der Waals surface area contributed by atoms with Crippen LogP contribution in [-0.2, 0) is 9.59 Å². The average Bonchev–Trinajstić information content (AvgIpc) is 3.04. The minimum absolute atomic E-state index is 0.00745. The summed E-state index contributed by atoms with van der Waals surface area (Å²) in [6.07, 6.45) is 0.973. The number of amides is 2. The lowest BCUT2D eigenvalue weighted by Gasteiger charge is -2.28. The second kappa shape index (κ2) is 4.66. The van der Waals surface area contributed by atoms with Gasteiger partial charge in [0.2, 0.25) is 11.8 Å². The Morgan fingerprint density at radius 2 is 1.62 bits per heavy atom. The monoisotopic (exact) mass is 411 g/mol. The van der Waals surface area contributed by atoms with E-state index in [-0.39, 0.29) is 45.1 Å². The number of fused-ring (bicyclic) bond motifs is 5. The molecule has 0 radical (unpaired) electrons. The van der Waals surface area contributed by atoms with E-state index in [2.05, 4.69) is 31.9 Å². The maximum atomic E-state index is 12.8. The lowest BCUT2D eigenvalue weighted by molar-refractivity contribution is -0.123. The zero-order valence-corrected chi connectivity index (χ0v) is 14.7. The number of carbonyl (C=O) groups excluding carboxylic acids is 2. The van der Waals surface area contributed by atoms with Crippen molar-refractivity contribution in [1.29, 1.82) is 0 Å². The van der Waals surface area contributed by atoms with Crippen LogP contribution in [0.2, 0.25) is 0 Å².